The van der Waals surface area contributed by atoms with E-state index in [0.717, 1.165) is 19.3 Å². The molecule has 5 nitrogen and oxygen atoms in total. The van der Waals surface area contributed by atoms with E-state index in [9.17, 15) is 9.90 Å². The molecule has 0 amide bonds. The Balaban J connectivity index is 2.29. The van der Waals surface area contributed by atoms with Crippen LogP contribution in [0.4, 0.5) is 5.69 Å². The van der Waals surface area contributed by atoms with Crippen molar-refractivity contribution in [2.75, 3.05) is 5.32 Å². The molecule has 5 heteroatoms. The maximum Gasteiger partial charge on any atom is 0.329 e. The van der Waals surface area contributed by atoms with Crippen LogP contribution < -0.4 is 5.32 Å². The van der Waals surface area contributed by atoms with Crippen LogP contribution in [-0.2, 0) is 4.79 Å². The van der Waals surface area contributed by atoms with Crippen LogP contribution in [0.3, 0.4) is 0 Å². The number of carboxylic acids is 1. The van der Waals surface area contributed by atoms with Crippen LogP contribution in [0.1, 0.15) is 37.8 Å². The summed E-state index contributed by atoms with van der Waals surface area (Å²) in [6, 6.07) is 5.37. The van der Waals surface area contributed by atoms with Gasteiger partial charge in [-0.3, -0.25) is 0 Å². The van der Waals surface area contributed by atoms with Crippen LogP contribution in [0.25, 0.3) is 0 Å². The van der Waals surface area contributed by atoms with Gasteiger partial charge in [0.2, 0.25) is 0 Å². The molecule has 1 aromatic rings. The van der Waals surface area contributed by atoms with Gasteiger partial charge in [-0.15, -0.1) is 0 Å². The molecule has 0 aromatic carbocycles. The van der Waals surface area contributed by atoms with Gasteiger partial charge in [0.15, 0.2) is 5.69 Å². The van der Waals surface area contributed by atoms with E-state index in [4.69, 9.17) is 5.26 Å². The van der Waals surface area contributed by atoms with Crippen LogP contribution in [0.2, 0.25) is 0 Å². The van der Waals surface area contributed by atoms with E-state index in [1.54, 1.807) is 12.1 Å². The third-order valence-electron chi connectivity index (χ3n) is 3.40. The highest BCUT2D eigenvalue weighted by molar-refractivity contribution is 5.83. The van der Waals surface area contributed by atoms with Gasteiger partial charge in [0.25, 0.3) is 0 Å². The predicted molar refractivity (Wildman–Crippen MR) is 66.0 cm³/mol. The zero-order valence-electron chi connectivity index (χ0n) is 10.0. The van der Waals surface area contributed by atoms with Crippen molar-refractivity contribution in [3.8, 4) is 6.07 Å². The lowest BCUT2D eigenvalue weighted by Crippen LogP contribution is -2.48. The molecular formula is C13H15N3O2. The van der Waals surface area contributed by atoms with Gasteiger partial charge in [-0.05, 0) is 25.0 Å². The molecular weight excluding hydrogens is 230 g/mol. The maximum absolute atomic E-state index is 11.5. The molecule has 1 fully saturated rings. The second kappa shape index (κ2) is 5.05. The molecule has 1 heterocycles. The lowest BCUT2D eigenvalue weighted by Gasteiger charge is -2.34. The van der Waals surface area contributed by atoms with Gasteiger partial charge in [-0.1, -0.05) is 19.3 Å². The van der Waals surface area contributed by atoms with Crippen molar-refractivity contribution in [1.82, 2.24) is 4.98 Å². The Labute approximate surface area is 105 Å². The molecule has 1 aromatic heterocycles. The number of aliphatic carboxylic acids is 1. The number of hydrogen-bond donors (Lipinski definition) is 2. The summed E-state index contributed by atoms with van der Waals surface area (Å²) in [5.74, 6) is -0.852. The minimum atomic E-state index is -0.952. The molecule has 1 saturated carbocycles. The summed E-state index contributed by atoms with van der Waals surface area (Å²) >= 11 is 0. The number of nitriles is 1. The van der Waals surface area contributed by atoms with Gasteiger partial charge < -0.3 is 10.4 Å². The number of carboxylic acid groups (broad SMARTS) is 1. The highest BCUT2D eigenvalue weighted by Crippen LogP contribution is 2.32. The fraction of sp³-hybridized carbons (Fsp3) is 0.462. The number of nitrogens with one attached hydrogen (secondary N) is 1. The Kier molecular flexibility index (Phi) is 3.47. The highest BCUT2D eigenvalue weighted by Gasteiger charge is 2.39. The van der Waals surface area contributed by atoms with Crippen molar-refractivity contribution < 1.29 is 9.90 Å². The van der Waals surface area contributed by atoms with Gasteiger partial charge in [0.05, 0.1) is 5.69 Å². The number of anilines is 1. The normalized spacial score (nSPS) is 17.7. The first-order chi connectivity index (χ1) is 8.68. The van der Waals surface area contributed by atoms with Gasteiger partial charge in [-0.2, -0.15) is 5.26 Å². The zero-order chi connectivity index (χ0) is 13.0. The topological polar surface area (TPSA) is 86.0 Å². The average Bonchev–Trinajstić information content (AvgIpc) is 2.40. The van der Waals surface area contributed by atoms with Crippen molar-refractivity contribution in [2.45, 2.75) is 37.6 Å². The molecule has 2 rings (SSSR count). The number of rotatable bonds is 3. The molecule has 94 valence electrons. The minimum Gasteiger partial charge on any atom is -0.480 e. The molecule has 2 N–H and O–H groups in total. The first-order valence-corrected chi connectivity index (χ1v) is 6.05. The predicted octanol–water partition coefficient (Wildman–Crippen LogP) is 2.15. The van der Waals surface area contributed by atoms with Crippen molar-refractivity contribution in [1.29, 1.82) is 5.26 Å². The highest BCUT2D eigenvalue weighted by atomic mass is 16.4. The quantitative estimate of drug-likeness (QED) is 0.852. The molecule has 18 heavy (non-hydrogen) atoms. The molecule has 1 aliphatic carbocycles. The molecule has 0 spiro atoms. The van der Waals surface area contributed by atoms with Gasteiger partial charge >= 0.3 is 5.97 Å². The summed E-state index contributed by atoms with van der Waals surface area (Å²) in [5.41, 5.74) is -0.208. The second-order valence-electron chi connectivity index (χ2n) is 4.58. The lowest BCUT2D eigenvalue weighted by atomic mass is 9.81. The first kappa shape index (κ1) is 12.4. The van der Waals surface area contributed by atoms with Crippen LogP contribution in [-0.4, -0.2) is 21.6 Å². The third-order valence-corrected chi connectivity index (χ3v) is 3.40. The molecule has 1 aliphatic rings. The number of nitrogens with zero attached hydrogens (tertiary/aromatic N) is 2. The van der Waals surface area contributed by atoms with Gasteiger partial charge in [-0.25, -0.2) is 9.78 Å². The Hall–Kier alpha value is -2.09. The monoisotopic (exact) mass is 245 g/mol. The first-order valence-electron chi connectivity index (χ1n) is 6.05. The minimum absolute atomic E-state index is 0.240. The van der Waals surface area contributed by atoms with E-state index < -0.39 is 11.5 Å². The van der Waals surface area contributed by atoms with Gasteiger partial charge in [0, 0.05) is 6.20 Å². The smallest absolute Gasteiger partial charge is 0.329 e. The summed E-state index contributed by atoms with van der Waals surface area (Å²) in [6.07, 6.45) is 5.54. The number of hydrogen-bond acceptors (Lipinski definition) is 4. The SMILES string of the molecule is N#Cc1ncccc1NC1(C(=O)O)CCCCC1. The van der Waals surface area contributed by atoms with E-state index in [1.807, 2.05) is 6.07 Å². The van der Waals surface area contributed by atoms with Gasteiger partial charge in [0.1, 0.15) is 11.6 Å². The van der Waals surface area contributed by atoms with Crippen molar-refractivity contribution >= 4 is 11.7 Å². The van der Waals surface area contributed by atoms with E-state index >= 15 is 0 Å². The van der Waals surface area contributed by atoms with E-state index in [2.05, 4.69) is 10.3 Å². The Morgan fingerprint density at radius 3 is 2.78 bits per heavy atom. The Bertz CT molecular complexity index is 487. The Morgan fingerprint density at radius 2 is 2.17 bits per heavy atom. The van der Waals surface area contributed by atoms with Crippen LogP contribution in [0.5, 0.6) is 0 Å². The third kappa shape index (κ3) is 2.28. The maximum atomic E-state index is 11.5. The van der Waals surface area contributed by atoms with E-state index in [0.29, 0.717) is 18.5 Å². The number of carbonyl (C=O) groups is 1. The largest absolute Gasteiger partial charge is 0.480 e. The fourth-order valence-corrected chi connectivity index (χ4v) is 2.40. The molecule has 0 saturated heterocycles. The molecule has 0 radical (unpaired) electrons. The second-order valence-corrected chi connectivity index (χ2v) is 4.58. The summed E-state index contributed by atoms with van der Waals surface area (Å²) < 4.78 is 0. The summed E-state index contributed by atoms with van der Waals surface area (Å²) in [7, 11) is 0. The molecule has 0 unspecified atom stereocenters. The van der Waals surface area contributed by atoms with Crippen LogP contribution in [0, 0.1) is 11.3 Å². The Morgan fingerprint density at radius 1 is 1.44 bits per heavy atom. The summed E-state index contributed by atoms with van der Waals surface area (Å²) in [4.78, 5) is 15.5. The number of pyridine rings is 1. The standard InChI is InChI=1S/C13H15N3O2/c14-9-11-10(5-4-8-15-11)16-13(12(17)18)6-2-1-3-7-13/h4-5,8,16H,1-3,6-7H2,(H,17,18). The van der Waals surface area contributed by atoms with Crippen LogP contribution in [0.15, 0.2) is 18.3 Å². The van der Waals surface area contributed by atoms with Crippen molar-refractivity contribution in [2.24, 2.45) is 0 Å². The van der Waals surface area contributed by atoms with E-state index in [-0.39, 0.29) is 5.69 Å². The summed E-state index contributed by atoms with van der Waals surface area (Å²) in [6.45, 7) is 0. The molecule has 0 bridgehead atoms. The van der Waals surface area contributed by atoms with Crippen LogP contribution >= 0.6 is 0 Å². The lowest BCUT2D eigenvalue weighted by molar-refractivity contribution is -0.143. The zero-order valence-corrected chi connectivity index (χ0v) is 10.0. The molecule has 0 aliphatic heterocycles. The number of aromatic nitrogens is 1. The fourth-order valence-electron chi connectivity index (χ4n) is 2.40. The summed E-state index contributed by atoms with van der Waals surface area (Å²) in [5, 5.41) is 21.4. The molecule has 0 atom stereocenters. The van der Waals surface area contributed by atoms with E-state index in [1.165, 1.54) is 6.20 Å². The average molecular weight is 245 g/mol. The van der Waals surface area contributed by atoms with Crippen molar-refractivity contribution in [3.63, 3.8) is 0 Å². The van der Waals surface area contributed by atoms with Crippen molar-refractivity contribution in [3.05, 3.63) is 24.0 Å².